The van der Waals surface area contributed by atoms with E-state index in [0.29, 0.717) is 0 Å². The summed E-state index contributed by atoms with van der Waals surface area (Å²) in [7, 11) is 0. The van der Waals surface area contributed by atoms with E-state index in [1.54, 1.807) is 22.6 Å². The third kappa shape index (κ3) is 7.29. The molecule has 196 valence electrons. The Kier molecular flexibility index (Phi) is 12.2. The van der Waals surface area contributed by atoms with E-state index in [1.807, 2.05) is 45.2 Å². The van der Waals surface area contributed by atoms with Gasteiger partial charge in [-0.3, -0.25) is 4.90 Å². The summed E-state index contributed by atoms with van der Waals surface area (Å²) in [5.41, 5.74) is 0.139. The van der Waals surface area contributed by atoms with Crippen LogP contribution >= 0.6 is 67.8 Å². The maximum absolute atomic E-state index is 12.5. The summed E-state index contributed by atoms with van der Waals surface area (Å²) >= 11 is 5.40. The fourth-order valence-electron chi connectivity index (χ4n) is 2.74. The van der Waals surface area contributed by atoms with Crippen molar-refractivity contribution in [3.8, 4) is 11.5 Å². The summed E-state index contributed by atoms with van der Waals surface area (Å²) in [5, 5.41) is 51.0. The molecule has 0 radical (unpaired) electrons. The second kappa shape index (κ2) is 14.1. The van der Waals surface area contributed by atoms with Crippen LogP contribution in [0.2, 0.25) is 0 Å². The second-order valence-corrected chi connectivity index (χ2v) is 10.2. The average Bonchev–Trinajstić information content (AvgIpc) is 3.21. The Bertz CT molecular complexity index is 889. The molecule has 14 nitrogen and oxygen atoms in total. The summed E-state index contributed by atoms with van der Waals surface area (Å²) in [6, 6.07) is -2.76. The molecule has 0 aromatic heterocycles. The Morgan fingerprint density at radius 1 is 0.886 bits per heavy atom. The number of benzene rings is 1. The van der Waals surface area contributed by atoms with Gasteiger partial charge in [-0.05, 0) is 67.8 Å². The molecule has 0 bridgehead atoms. The molecule has 1 fully saturated rings. The minimum atomic E-state index is -1.04. The zero-order chi connectivity index (χ0) is 26.3. The van der Waals surface area contributed by atoms with Gasteiger partial charge in [0.1, 0.15) is 10.2 Å². The van der Waals surface area contributed by atoms with Gasteiger partial charge in [0.05, 0.1) is 64.0 Å². The predicted octanol–water partition coefficient (Wildman–Crippen LogP) is -0.299. The second-order valence-electron chi connectivity index (χ2n) is 6.92. The number of aliphatic hydroxyl groups excluding tert-OH is 5. The van der Waals surface area contributed by atoms with Crippen LogP contribution in [0.5, 0.6) is 11.5 Å². The summed E-state index contributed by atoms with van der Waals surface area (Å²) in [6.07, 6.45) is -2.87. The summed E-state index contributed by atoms with van der Waals surface area (Å²) in [4.78, 5) is 38.5. The lowest BCUT2D eigenvalue weighted by Crippen LogP contribution is -2.42. The highest BCUT2D eigenvalue weighted by atomic mass is 127. The number of rotatable bonds is 10. The normalized spacial score (nSPS) is 15.4. The first kappa shape index (κ1) is 30.2. The van der Waals surface area contributed by atoms with E-state index in [0.717, 1.165) is 4.90 Å². The first-order valence-electron chi connectivity index (χ1n) is 9.80. The minimum absolute atomic E-state index is 0.107. The van der Waals surface area contributed by atoms with Crippen LogP contribution in [0, 0.1) is 10.7 Å². The van der Waals surface area contributed by atoms with Crippen molar-refractivity contribution in [2.45, 2.75) is 18.1 Å². The molecule has 1 heterocycles. The van der Waals surface area contributed by atoms with Crippen LogP contribution in [-0.4, -0.2) is 102 Å². The highest BCUT2D eigenvalue weighted by Gasteiger charge is 2.39. The van der Waals surface area contributed by atoms with Gasteiger partial charge in [-0.2, -0.15) is 0 Å². The van der Waals surface area contributed by atoms with Crippen molar-refractivity contribution in [3.05, 3.63) is 10.7 Å². The van der Waals surface area contributed by atoms with Crippen molar-refractivity contribution in [2.75, 3.05) is 44.5 Å². The molecule has 1 saturated heterocycles. The van der Waals surface area contributed by atoms with Crippen molar-refractivity contribution in [3.63, 3.8) is 0 Å². The fraction of sp³-hybridized carbons (Fsp3) is 0.500. The number of hydrogen-bond donors (Lipinski definition) is 7. The van der Waals surface area contributed by atoms with Gasteiger partial charge in [-0.15, -0.1) is 0 Å². The lowest BCUT2D eigenvalue weighted by atomic mass is 10.2. The van der Waals surface area contributed by atoms with Crippen molar-refractivity contribution in [2.24, 2.45) is 0 Å². The van der Waals surface area contributed by atoms with Crippen LogP contribution in [0.3, 0.4) is 0 Å². The van der Waals surface area contributed by atoms with E-state index in [9.17, 15) is 39.9 Å². The van der Waals surface area contributed by atoms with Gasteiger partial charge in [0.25, 0.3) is 0 Å². The Balaban J connectivity index is 2.58. The number of cyclic esters (lactones) is 1. The van der Waals surface area contributed by atoms with Crippen molar-refractivity contribution in [1.82, 2.24) is 10.6 Å². The molecule has 1 unspecified atom stereocenters. The lowest BCUT2D eigenvalue weighted by Gasteiger charge is -2.26. The third-order valence-electron chi connectivity index (χ3n) is 4.54. The molecule has 1 aromatic rings. The number of nitrogens with zero attached hydrogens (tertiary/aromatic N) is 1. The summed E-state index contributed by atoms with van der Waals surface area (Å²) in [5.74, 6) is -0.234. The molecule has 0 spiro atoms. The number of halogens is 3. The molecule has 1 aliphatic heterocycles. The van der Waals surface area contributed by atoms with Crippen molar-refractivity contribution < 1.29 is 54.1 Å². The molecule has 7 N–H and O–H groups in total. The highest BCUT2D eigenvalue weighted by Crippen LogP contribution is 2.47. The Hall–Kier alpha value is -0.980. The van der Waals surface area contributed by atoms with Gasteiger partial charge >= 0.3 is 18.3 Å². The average molecular weight is 837 g/mol. The van der Waals surface area contributed by atoms with E-state index in [1.165, 1.54) is 0 Å². The molecule has 0 aliphatic carbocycles. The van der Waals surface area contributed by atoms with Gasteiger partial charge in [0.15, 0.2) is 11.5 Å². The standard InChI is InChI=1S/C18H22I3N3O11/c19-10-13(24-9(5-29)6-33-18(24)32)11(20)15(35-17(31)23-8(3-27)4-28)12(21)14(10)34-16(30)22-7(1-25)2-26/h7-9,25-29H,1-6H2,(H,22,30)(H,23,31). The SMILES string of the molecule is O=C(NC(CO)CO)Oc1c(I)c(OC(=O)NC(CO)CO)c(I)c(N2C(=O)OCC2CO)c1I. The monoisotopic (exact) mass is 837 g/mol. The van der Waals surface area contributed by atoms with Crippen LogP contribution in [-0.2, 0) is 4.74 Å². The first-order valence-corrected chi connectivity index (χ1v) is 13.0. The molecule has 1 aromatic carbocycles. The summed E-state index contributed by atoms with van der Waals surface area (Å²) in [6.45, 7) is -2.77. The Morgan fingerprint density at radius 3 is 1.69 bits per heavy atom. The van der Waals surface area contributed by atoms with Gasteiger partial charge in [0, 0.05) is 0 Å². The van der Waals surface area contributed by atoms with Crippen LogP contribution in [0.1, 0.15) is 0 Å². The minimum Gasteiger partial charge on any atom is -0.447 e. The first-order chi connectivity index (χ1) is 16.6. The number of nitrogens with one attached hydrogen (secondary N) is 2. The molecule has 17 heteroatoms. The number of aliphatic hydroxyl groups is 5. The smallest absolute Gasteiger partial charge is 0.414 e. The molecule has 1 aliphatic rings. The highest BCUT2D eigenvalue weighted by molar-refractivity contribution is 14.1. The lowest BCUT2D eigenvalue weighted by molar-refractivity contribution is 0.151. The van der Waals surface area contributed by atoms with E-state index in [-0.39, 0.29) is 34.5 Å². The maximum Gasteiger partial charge on any atom is 0.414 e. The molecular formula is C18H22I3N3O11. The van der Waals surface area contributed by atoms with Gasteiger partial charge < -0.3 is 50.4 Å². The van der Waals surface area contributed by atoms with E-state index in [4.69, 9.17) is 14.2 Å². The molecular weight excluding hydrogens is 815 g/mol. The molecule has 1 atom stereocenters. The molecule has 3 amide bonds. The number of hydrogen-bond acceptors (Lipinski definition) is 11. The maximum atomic E-state index is 12.5. The van der Waals surface area contributed by atoms with Crippen LogP contribution in [0.15, 0.2) is 0 Å². The predicted molar refractivity (Wildman–Crippen MR) is 144 cm³/mol. The summed E-state index contributed by atoms with van der Waals surface area (Å²) < 4.78 is 16.4. The van der Waals surface area contributed by atoms with Crippen LogP contribution in [0.25, 0.3) is 0 Å². The van der Waals surface area contributed by atoms with E-state index < -0.39 is 69.4 Å². The van der Waals surface area contributed by atoms with Gasteiger partial charge in [0.2, 0.25) is 0 Å². The molecule has 35 heavy (non-hydrogen) atoms. The molecule has 0 saturated carbocycles. The van der Waals surface area contributed by atoms with Crippen molar-refractivity contribution >= 4 is 91.7 Å². The zero-order valence-electron chi connectivity index (χ0n) is 17.7. The van der Waals surface area contributed by atoms with E-state index in [2.05, 4.69) is 10.6 Å². The number of carbonyl (C=O) groups is 3. The number of ether oxygens (including phenoxy) is 3. The number of amides is 3. The quantitative estimate of drug-likeness (QED) is 0.153. The zero-order valence-corrected chi connectivity index (χ0v) is 24.2. The number of carbonyl (C=O) groups excluding carboxylic acids is 3. The van der Waals surface area contributed by atoms with E-state index >= 15 is 0 Å². The Morgan fingerprint density at radius 2 is 1.31 bits per heavy atom. The van der Waals surface area contributed by atoms with Gasteiger partial charge in [-0.1, -0.05) is 0 Å². The Labute approximate surface area is 239 Å². The van der Waals surface area contributed by atoms with Gasteiger partial charge in [-0.25, -0.2) is 14.4 Å². The molecule has 2 rings (SSSR count). The number of anilines is 1. The van der Waals surface area contributed by atoms with Crippen LogP contribution < -0.4 is 25.0 Å². The fourth-order valence-corrected chi connectivity index (χ4v) is 6.87. The van der Waals surface area contributed by atoms with Crippen LogP contribution in [0.4, 0.5) is 20.1 Å². The third-order valence-corrected chi connectivity index (χ3v) is 7.52. The largest absolute Gasteiger partial charge is 0.447 e. The van der Waals surface area contributed by atoms with Crippen molar-refractivity contribution in [1.29, 1.82) is 0 Å². The topological polar surface area (TPSA) is 207 Å².